The van der Waals surface area contributed by atoms with Crippen molar-refractivity contribution in [1.29, 1.82) is 0 Å². The van der Waals surface area contributed by atoms with Gasteiger partial charge >= 0.3 is 0 Å². The maximum atomic E-state index is 3.52. The van der Waals surface area contributed by atoms with E-state index < -0.39 is 0 Å². The van der Waals surface area contributed by atoms with E-state index in [1.54, 1.807) is 0 Å². The molecule has 0 unspecified atom stereocenters. The summed E-state index contributed by atoms with van der Waals surface area (Å²) in [6, 6.07) is 9.00. The topological polar surface area (TPSA) is 12.0 Å². The van der Waals surface area contributed by atoms with Gasteiger partial charge in [-0.3, -0.25) is 0 Å². The molecule has 0 fully saturated rings. The molecule has 0 aliphatic carbocycles. The van der Waals surface area contributed by atoms with Gasteiger partial charge < -0.3 is 5.32 Å². The molecule has 0 saturated heterocycles. The van der Waals surface area contributed by atoms with E-state index in [4.69, 9.17) is 0 Å². The van der Waals surface area contributed by atoms with E-state index >= 15 is 0 Å². The van der Waals surface area contributed by atoms with E-state index in [9.17, 15) is 0 Å². The van der Waals surface area contributed by atoms with Gasteiger partial charge in [0.15, 0.2) is 0 Å². The predicted octanol–water partition coefficient (Wildman–Crippen LogP) is 7.36. The van der Waals surface area contributed by atoms with Crippen LogP contribution in [0.15, 0.2) is 24.3 Å². The maximum Gasteiger partial charge on any atom is 0.0344 e. The lowest BCUT2D eigenvalue weighted by atomic mass is 10.0. The SMILES string of the molecule is CCCCCCCCCCCCc1ccc(NC(C)(C)C)cc1. The fourth-order valence-corrected chi connectivity index (χ4v) is 3.00. The molecule has 0 aliphatic heterocycles. The Hall–Kier alpha value is -0.980. The number of hydrogen-bond donors (Lipinski definition) is 1. The van der Waals surface area contributed by atoms with Crippen LogP contribution in [-0.2, 0) is 6.42 Å². The van der Waals surface area contributed by atoms with Gasteiger partial charge in [0, 0.05) is 11.2 Å². The molecular weight excluding hydrogens is 278 g/mol. The molecule has 0 saturated carbocycles. The summed E-state index contributed by atoms with van der Waals surface area (Å²) in [5, 5.41) is 3.52. The Bertz CT molecular complexity index is 385. The summed E-state index contributed by atoms with van der Waals surface area (Å²) >= 11 is 0. The Kier molecular flexibility index (Phi) is 10.1. The van der Waals surface area contributed by atoms with Crippen molar-refractivity contribution >= 4 is 5.69 Å². The van der Waals surface area contributed by atoms with Crippen LogP contribution < -0.4 is 5.32 Å². The van der Waals surface area contributed by atoms with Crippen LogP contribution in [-0.4, -0.2) is 5.54 Å². The fraction of sp³-hybridized carbons (Fsp3) is 0.727. The van der Waals surface area contributed by atoms with Gasteiger partial charge in [-0.25, -0.2) is 0 Å². The van der Waals surface area contributed by atoms with Crippen molar-refractivity contribution in [2.45, 2.75) is 104 Å². The minimum atomic E-state index is 0.137. The standard InChI is InChI=1S/C22H39N/c1-5-6-7-8-9-10-11-12-13-14-15-20-16-18-21(19-17-20)23-22(2,3)4/h16-19,23H,5-15H2,1-4H3. The summed E-state index contributed by atoms with van der Waals surface area (Å²) in [5.74, 6) is 0. The van der Waals surface area contributed by atoms with Crippen LogP contribution in [0, 0.1) is 0 Å². The number of anilines is 1. The van der Waals surface area contributed by atoms with Gasteiger partial charge in [0.2, 0.25) is 0 Å². The molecule has 1 aromatic rings. The monoisotopic (exact) mass is 317 g/mol. The van der Waals surface area contributed by atoms with Crippen LogP contribution in [0.4, 0.5) is 5.69 Å². The van der Waals surface area contributed by atoms with Crippen molar-refractivity contribution in [3.8, 4) is 0 Å². The number of unbranched alkanes of at least 4 members (excludes halogenated alkanes) is 9. The number of rotatable bonds is 12. The molecule has 1 rings (SSSR count). The van der Waals surface area contributed by atoms with Crippen molar-refractivity contribution < 1.29 is 0 Å². The molecular formula is C22H39N. The van der Waals surface area contributed by atoms with Crippen molar-refractivity contribution in [3.63, 3.8) is 0 Å². The van der Waals surface area contributed by atoms with Gasteiger partial charge in [-0.05, 0) is 51.3 Å². The van der Waals surface area contributed by atoms with Gasteiger partial charge in [-0.2, -0.15) is 0 Å². The summed E-state index contributed by atoms with van der Waals surface area (Å²) in [4.78, 5) is 0. The first-order valence-electron chi connectivity index (χ1n) is 9.88. The van der Waals surface area contributed by atoms with E-state index in [-0.39, 0.29) is 5.54 Å². The third-order valence-corrected chi connectivity index (χ3v) is 4.29. The molecule has 0 radical (unpaired) electrons. The average Bonchev–Trinajstić information content (AvgIpc) is 2.49. The number of hydrogen-bond acceptors (Lipinski definition) is 1. The van der Waals surface area contributed by atoms with Crippen LogP contribution in [0.1, 0.15) is 97.5 Å². The Balaban J connectivity index is 2.03. The first-order valence-corrected chi connectivity index (χ1v) is 9.88. The third kappa shape index (κ3) is 11.2. The lowest BCUT2D eigenvalue weighted by molar-refractivity contribution is 0.556. The van der Waals surface area contributed by atoms with Crippen LogP contribution in [0.25, 0.3) is 0 Å². The van der Waals surface area contributed by atoms with Crippen LogP contribution in [0.5, 0.6) is 0 Å². The van der Waals surface area contributed by atoms with E-state index in [0.29, 0.717) is 0 Å². The fourth-order valence-electron chi connectivity index (χ4n) is 3.00. The molecule has 1 nitrogen and oxygen atoms in total. The molecule has 0 spiro atoms. The maximum absolute atomic E-state index is 3.52. The number of nitrogens with one attached hydrogen (secondary N) is 1. The first kappa shape index (κ1) is 20.1. The van der Waals surface area contributed by atoms with Crippen molar-refractivity contribution in [2.24, 2.45) is 0 Å². The normalized spacial score (nSPS) is 11.7. The summed E-state index contributed by atoms with van der Waals surface area (Å²) < 4.78 is 0. The zero-order chi connectivity index (χ0) is 17.0. The lowest BCUT2D eigenvalue weighted by Gasteiger charge is -2.22. The number of aryl methyl sites for hydroxylation is 1. The molecule has 0 aromatic heterocycles. The summed E-state index contributed by atoms with van der Waals surface area (Å²) in [6.07, 6.45) is 15.3. The van der Waals surface area contributed by atoms with E-state index in [1.165, 1.54) is 81.9 Å². The van der Waals surface area contributed by atoms with Crippen LogP contribution >= 0.6 is 0 Å². The summed E-state index contributed by atoms with van der Waals surface area (Å²) in [7, 11) is 0. The van der Waals surface area contributed by atoms with Gasteiger partial charge in [0.05, 0.1) is 0 Å². The zero-order valence-corrected chi connectivity index (χ0v) is 16.1. The van der Waals surface area contributed by atoms with Crippen molar-refractivity contribution in [3.05, 3.63) is 29.8 Å². The molecule has 0 bridgehead atoms. The van der Waals surface area contributed by atoms with E-state index in [1.807, 2.05) is 0 Å². The van der Waals surface area contributed by atoms with Crippen molar-refractivity contribution in [1.82, 2.24) is 0 Å². The second-order valence-corrected chi connectivity index (χ2v) is 8.00. The van der Waals surface area contributed by atoms with E-state index in [0.717, 1.165) is 0 Å². The minimum absolute atomic E-state index is 0.137. The minimum Gasteiger partial charge on any atom is -0.380 e. The van der Waals surface area contributed by atoms with Gasteiger partial charge in [0.25, 0.3) is 0 Å². The molecule has 1 N–H and O–H groups in total. The lowest BCUT2D eigenvalue weighted by Crippen LogP contribution is -2.25. The Morgan fingerprint density at radius 3 is 1.65 bits per heavy atom. The van der Waals surface area contributed by atoms with Crippen LogP contribution in [0.2, 0.25) is 0 Å². The summed E-state index contributed by atoms with van der Waals surface area (Å²) in [6.45, 7) is 8.88. The third-order valence-electron chi connectivity index (χ3n) is 4.29. The second-order valence-electron chi connectivity index (χ2n) is 8.00. The highest BCUT2D eigenvalue weighted by molar-refractivity contribution is 5.46. The van der Waals surface area contributed by atoms with Gasteiger partial charge in [0.1, 0.15) is 0 Å². The molecule has 132 valence electrons. The molecule has 0 aliphatic rings. The highest BCUT2D eigenvalue weighted by Gasteiger charge is 2.08. The number of benzene rings is 1. The van der Waals surface area contributed by atoms with Gasteiger partial charge in [-0.1, -0.05) is 76.8 Å². The Morgan fingerprint density at radius 1 is 0.696 bits per heavy atom. The van der Waals surface area contributed by atoms with Crippen molar-refractivity contribution in [2.75, 3.05) is 5.32 Å². The zero-order valence-electron chi connectivity index (χ0n) is 16.1. The molecule has 23 heavy (non-hydrogen) atoms. The highest BCUT2D eigenvalue weighted by Crippen LogP contribution is 2.17. The van der Waals surface area contributed by atoms with Crippen LogP contribution in [0.3, 0.4) is 0 Å². The second kappa shape index (κ2) is 11.5. The Labute approximate surface area is 145 Å². The van der Waals surface area contributed by atoms with E-state index in [2.05, 4.69) is 57.3 Å². The summed E-state index contributed by atoms with van der Waals surface area (Å²) in [5.41, 5.74) is 2.84. The first-order chi connectivity index (χ1) is 11.0. The molecule has 1 heteroatoms. The predicted molar refractivity (Wildman–Crippen MR) is 105 cm³/mol. The largest absolute Gasteiger partial charge is 0.380 e. The molecule has 0 heterocycles. The average molecular weight is 318 g/mol. The molecule has 0 atom stereocenters. The highest BCUT2D eigenvalue weighted by atomic mass is 14.9. The Morgan fingerprint density at radius 2 is 1.17 bits per heavy atom. The quantitative estimate of drug-likeness (QED) is 0.397. The molecule has 1 aromatic carbocycles. The van der Waals surface area contributed by atoms with Gasteiger partial charge in [-0.15, -0.1) is 0 Å². The smallest absolute Gasteiger partial charge is 0.0344 e. The molecule has 0 amide bonds.